The SMILES string of the molecule is CCO[Si](OCC)(OCC)c1ccccc1[Si](OCC)(OCC)OCC.c1ccccc1. The Morgan fingerprint density at radius 1 is 0.406 bits per heavy atom. The van der Waals surface area contributed by atoms with Crippen molar-refractivity contribution in [3.8, 4) is 0 Å². The molecule has 2 aromatic carbocycles. The topological polar surface area (TPSA) is 55.4 Å². The molecule has 0 saturated heterocycles. The van der Waals surface area contributed by atoms with E-state index in [1.807, 2.05) is 102 Å². The minimum Gasteiger partial charge on any atom is -0.370 e. The van der Waals surface area contributed by atoms with Crippen LogP contribution in [0.3, 0.4) is 0 Å². The maximum atomic E-state index is 6.12. The molecule has 0 amide bonds. The van der Waals surface area contributed by atoms with Crippen molar-refractivity contribution in [3.63, 3.8) is 0 Å². The van der Waals surface area contributed by atoms with Crippen molar-refractivity contribution in [1.29, 1.82) is 0 Å². The van der Waals surface area contributed by atoms with Crippen molar-refractivity contribution in [3.05, 3.63) is 60.7 Å². The molecule has 180 valence electrons. The molecule has 32 heavy (non-hydrogen) atoms. The van der Waals surface area contributed by atoms with Crippen molar-refractivity contribution in [2.75, 3.05) is 39.6 Å². The lowest BCUT2D eigenvalue weighted by molar-refractivity contribution is 0.0806. The highest BCUT2D eigenvalue weighted by atomic mass is 28.4. The Bertz CT molecular complexity index is 611. The first kappa shape index (κ1) is 28.7. The van der Waals surface area contributed by atoms with Gasteiger partial charge in [0.1, 0.15) is 0 Å². The summed E-state index contributed by atoms with van der Waals surface area (Å²) in [6, 6.07) is 19.9. The summed E-state index contributed by atoms with van der Waals surface area (Å²) < 4.78 is 36.7. The quantitative estimate of drug-likeness (QED) is 0.383. The van der Waals surface area contributed by atoms with E-state index in [4.69, 9.17) is 26.6 Å². The van der Waals surface area contributed by atoms with E-state index in [2.05, 4.69) is 0 Å². The Balaban J connectivity index is 0.000000730. The van der Waals surface area contributed by atoms with Gasteiger partial charge in [0, 0.05) is 50.0 Å². The summed E-state index contributed by atoms with van der Waals surface area (Å²) >= 11 is 0. The molecule has 0 N–H and O–H groups in total. The molecule has 0 heterocycles. The van der Waals surface area contributed by atoms with Crippen molar-refractivity contribution in [1.82, 2.24) is 0 Å². The van der Waals surface area contributed by atoms with E-state index < -0.39 is 17.6 Å². The van der Waals surface area contributed by atoms with Gasteiger partial charge in [-0.05, 0) is 41.5 Å². The van der Waals surface area contributed by atoms with Crippen LogP contribution in [-0.4, -0.2) is 57.3 Å². The first-order valence-electron chi connectivity index (χ1n) is 11.5. The summed E-state index contributed by atoms with van der Waals surface area (Å²) in [6.45, 7) is 14.6. The Morgan fingerprint density at radius 2 is 0.625 bits per heavy atom. The van der Waals surface area contributed by atoms with Crippen LogP contribution in [0.15, 0.2) is 60.7 Å². The van der Waals surface area contributed by atoms with Gasteiger partial charge in [0.05, 0.1) is 0 Å². The lowest BCUT2D eigenvalue weighted by Gasteiger charge is -2.35. The van der Waals surface area contributed by atoms with E-state index >= 15 is 0 Å². The van der Waals surface area contributed by atoms with E-state index in [9.17, 15) is 0 Å². The van der Waals surface area contributed by atoms with Crippen LogP contribution in [-0.2, 0) is 26.6 Å². The summed E-state index contributed by atoms with van der Waals surface area (Å²) in [5, 5.41) is 1.74. The highest BCUT2D eigenvalue weighted by Gasteiger charge is 2.53. The predicted octanol–water partition coefficient (Wildman–Crippen LogP) is 3.88. The summed E-state index contributed by atoms with van der Waals surface area (Å²) in [5.74, 6) is 0. The number of hydrogen-bond acceptors (Lipinski definition) is 6. The average molecular weight is 481 g/mol. The van der Waals surface area contributed by atoms with Crippen molar-refractivity contribution in [2.24, 2.45) is 0 Å². The van der Waals surface area contributed by atoms with Gasteiger partial charge in [0.2, 0.25) is 0 Å². The minimum absolute atomic E-state index is 0.493. The highest BCUT2D eigenvalue weighted by molar-refractivity contribution is 6.86. The smallest absolute Gasteiger partial charge is 0.370 e. The second-order valence-electron chi connectivity index (χ2n) is 6.41. The molecule has 0 saturated carbocycles. The van der Waals surface area contributed by atoms with Crippen LogP contribution in [0.25, 0.3) is 0 Å². The van der Waals surface area contributed by atoms with Crippen molar-refractivity contribution < 1.29 is 26.6 Å². The van der Waals surface area contributed by atoms with E-state index in [1.54, 1.807) is 0 Å². The van der Waals surface area contributed by atoms with Crippen LogP contribution >= 0.6 is 0 Å². The van der Waals surface area contributed by atoms with E-state index in [0.29, 0.717) is 39.6 Å². The highest BCUT2D eigenvalue weighted by Crippen LogP contribution is 2.16. The average Bonchev–Trinajstić information content (AvgIpc) is 2.81. The fourth-order valence-electron chi connectivity index (χ4n) is 3.26. The van der Waals surface area contributed by atoms with Crippen LogP contribution in [0.5, 0.6) is 0 Å². The van der Waals surface area contributed by atoms with Gasteiger partial charge in [0.25, 0.3) is 0 Å². The molecular weight excluding hydrogens is 440 g/mol. The Hall–Kier alpha value is -1.37. The van der Waals surface area contributed by atoms with Gasteiger partial charge in [-0.15, -0.1) is 0 Å². The van der Waals surface area contributed by atoms with Gasteiger partial charge in [-0.25, -0.2) is 0 Å². The van der Waals surface area contributed by atoms with Crippen LogP contribution < -0.4 is 10.4 Å². The number of rotatable bonds is 14. The van der Waals surface area contributed by atoms with E-state index in [1.165, 1.54) is 0 Å². The summed E-state index contributed by atoms with van der Waals surface area (Å²) in [6.07, 6.45) is 0. The fraction of sp³-hybridized carbons (Fsp3) is 0.500. The lowest BCUT2D eigenvalue weighted by atomic mass is 10.4. The molecule has 6 nitrogen and oxygen atoms in total. The second-order valence-corrected chi connectivity index (χ2v) is 11.4. The van der Waals surface area contributed by atoms with Gasteiger partial charge >= 0.3 is 17.6 Å². The Morgan fingerprint density at radius 3 is 0.812 bits per heavy atom. The molecule has 0 aliphatic heterocycles. The summed E-state index contributed by atoms with van der Waals surface area (Å²) in [4.78, 5) is 0. The fourth-order valence-corrected chi connectivity index (χ4v) is 9.32. The third-order valence-electron chi connectivity index (χ3n) is 4.26. The normalized spacial score (nSPS) is 11.7. The van der Waals surface area contributed by atoms with Gasteiger partial charge in [0.15, 0.2) is 0 Å². The van der Waals surface area contributed by atoms with Crippen LogP contribution in [0.1, 0.15) is 41.5 Å². The summed E-state index contributed by atoms with van der Waals surface area (Å²) in [5.41, 5.74) is 0. The third kappa shape index (κ3) is 8.20. The molecular formula is C24H40O6Si2. The van der Waals surface area contributed by atoms with Gasteiger partial charge in [-0.1, -0.05) is 60.7 Å². The largest absolute Gasteiger partial charge is 0.537 e. The molecule has 0 spiro atoms. The minimum atomic E-state index is -3.12. The maximum Gasteiger partial charge on any atom is 0.537 e. The molecule has 0 aliphatic rings. The van der Waals surface area contributed by atoms with Gasteiger partial charge in [-0.2, -0.15) is 0 Å². The lowest BCUT2D eigenvalue weighted by Crippen LogP contribution is -2.70. The molecule has 0 radical (unpaired) electrons. The van der Waals surface area contributed by atoms with Crippen LogP contribution in [0.2, 0.25) is 0 Å². The summed E-state index contributed by atoms with van der Waals surface area (Å²) in [7, 11) is -6.24. The zero-order valence-electron chi connectivity index (χ0n) is 20.5. The molecule has 2 rings (SSSR count). The standard InChI is InChI=1S/C18H34O6Si2.C6H6/c1-7-19-25(20-8-2,21-9-3)17-15-13-14-16-18(17)26(22-10-4,23-11-5)24-12-6;1-2-4-6-5-3-1/h13-16H,7-12H2,1-6H3;1-6H. The van der Waals surface area contributed by atoms with Crippen molar-refractivity contribution >= 4 is 28.0 Å². The molecule has 0 aromatic heterocycles. The van der Waals surface area contributed by atoms with E-state index in [0.717, 1.165) is 10.4 Å². The van der Waals surface area contributed by atoms with Crippen molar-refractivity contribution in [2.45, 2.75) is 41.5 Å². The Labute approximate surface area is 196 Å². The molecule has 0 bridgehead atoms. The monoisotopic (exact) mass is 480 g/mol. The Kier molecular flexibility index (Phi) is 14.6. The van der Waals surface area contributed by atoms with Crippen LogP contribution in [0.4, 0.5) is 0 Å². The van der Waals surface area contributed by atoms with Crippen LogP contribution in [0, 0.1) is 0 Å². The molecule has 0 unspecified atom stereocenters. The van der Waals surface area contributed by atoms with E-state index in [-0.39, 0.29) is 0 Å². The first-order chi connectivity index (χ1) is 15.6. The molecule has 0 atom stereocenters. The zero-order chi connectivity index (χ0) is 23.7. The third-order valence-corrected chi connectivity index (χ3v) is 10.7. The number of benzene rings is 2. The molecule has 0 aliphatic carbocycles. The second kappa shape index (κ2) is 16.3. The molecule has 2 aromatic rings. The van der Waals surface area contributed by atoms with Gasteiger partial charge < -0.3 is 26.6 Å². The molecule has 0 fully saturated rings. The maximum absolute atomic E-state index is 6.12. The predicted molar refractivity (Wildman–Crippen MR) is 133 cm³/mol. The zero-order valence-corrected chi connectivity index (χ0v) is 22.5. The molecule has 8 heteroatoms. The van der Waals surface area contributed by atoms with Gasteiger partial charge in [-0.3, -0.25) is 0 Å². The number of hydrogen-bond donors (Lipinski definition) is 0. The first-order valence-corrected chi connectivity index (χ1v) is 15.0.